The fraction of sp³-hybridized carbons (Fsp3) is 0.273. The molecule has 0 unspecified atom stereocenters. The lowest BCUT2D eigenvalue weighted by Crippen LogP contribution is -2.07. The lowest BCUT2D eigenvalue weighted by Gasteiger charge is -2.03. The van der Waals surface area contributed by atoms with Crippen LogP contribution in [0.1, 0.15) is 17.2 Å². The van der Waals surface area contributed by atoms with Crippen LogP contribution in [0.5, 0.6) is 0 Å². The lowest BCUT2D eigenvalue weighted by atomic mass is 10.1. The van der Waals surface area contributed by atoms with Gasteiger partial charge in [-0.1, -0.05) is 18.2 Å². The van der Waals surface area contributed by atoms with E-state index in [1.165, 1.54) is 6.07 Å². The van der Waals surface area contributed by atoms with Crippen LogP contribution in [0.2, 0.25) is 0 Å². The number of rotatable bonds is 3. The highest BCUT2D eigenvalue weighted by atomic mass is 19.1. The van der Waals surface area contributed by atoms with Crippen molar-refractivity contribution in [2.24, 2.45) is 12.8 Å². The predicted octanol–water partition coefficient (Wildman–Crippen LogP) is 1.00. The second-order valence-corrected chi connectivity index (χ2v) is 3.56. The van der Waals surface area contributed by atoms with Gasteiger partial charge in [-0.05, 0) is 11.6 Å². The zero-order chi connectivity index (χ0) is 11.5. The van der Waals surface area contributed by atoms with E-state index < -0.39 is 0 Å². The molecule has 0 saturated carbocycles. The molecule has 1 aromatic carbocycles. The van der Waals surface area contributed by atoms with E-state index in [0.29, 0.717) is 30.2 Å². The highest BCUT2D eigenvalue weighted by Crippen LogP contribution is 2.11. The maximum atomic E-state index is 13.4. The first-order valence-corrected chi connectivity index (χ1v) is 5.03. The van der Waals surface area contributed by atoms with E-state index in [9.17, 15) is 4.39 Å². The second kappa shape index (κ2) is 4.40. The molecule has 2 aromatic rings. The van der Waals surface area contributed by atoms with Crippen molar-refractivity contribution in [1.82, 2.24) is 14.8 Å². The van der Waals surface area contributed by atoms with Crippen LogP contribution >= 0.6 is 0 Å². The molecule has 0 bridgehead atoms. The van der Waals surface area contributed by atoms with E-state index in [-0.39, 0.29) is 5.82 Å². The van der Waals surface area contributed by atoms with Crippen molar-refractivity contribution in [2.45, 2.75) is 13.0 Å². The molecule has 1 aromatic heterocycles. The first-order valence-electron chi connectivity index (χ1n) is 5.03. The van der Waals surface area contributed by atoms with Crippen LogP contribution < -0.4 is 5.73 Å². The lowest BCUT2D eigenvalue weighted by molar-refractivity contribution is 0.610. The maximum Gasteiger partial charge on any atom is 0.146 e. The maximum absolute atomic E-state index is 13.4. The molecule has 0 fully saturated rings. The quantitative estimate of drug-likeness (QED) is 0.839. The first kappa shape index (κ1) is 10.8. The first-order chi connectivity index (χ1) is 7.72. The van der Waals surface area contributed by atoms with Crippen molar-refractivity contribution >= 4 is 0 Å². The molecular formula is C11H13FN4. The molecule has 0 radical (unpaired) electrons. The van der Waals surface area contributed by atoms with Crippen LogP contribution in [0.4, 0.5) is 4.39 Å². The molecule has 16 heavy (non-hydrogen) atoms. The summed E-state index contributed by atoms with van der Waals surface area (Å²) in [6.45, 7) is 0.334. The Morgan fingerprint density at radius 3 is 2.56 bits per heavy atom. The van der Waals surface area contributed by atoms with Gasteiger partial charge in [0.2, 0.25) is 0 Å². The van der Waals surface area contributed by atoms with E-state index in [4.69, 9.17) is 5.73 Å². The molecule has 0 aliphatic heterocycles. The summed E-state index contributed by atoms with van der Waals surface area (Å²) in [5, 5.41) is 7.91. The standard InChI is InChI=1S/C11H13FN4/c1-16-10(14-15-11(16)7-13)6-8-4-2-3-5-9(8)12/h2-5H,6-7,13H2,1H3. The van der Waals surface area contributed by atoms with Crippen molar-refractivity contribution < 1.29 is 4.39 Å². The third-order valence-corrected chi connectivity index (χ3v) is 2.54. The third kappa shape index (κ3) is 1.94. The van der Waals surface area contributed by atoms with Gasteiger partial charge < -0.3 is 10.3 Å². The van der Waals surface area contributed by atoms with Crippen molar-refractivity contribution in [1.29, 1.82) is 0 Å². The average Bonchev–Trinajstić information content (AvgIpc) is 2.63. The minimum absolute atomic E-state index is 0.222. The average molecular weight is 220 g/mol. The summed E-state index contributed by atoms with van der Waals surface area (Å²) >= 11 is 0. The van der Waals surface area contributed by atoms with Crippen molar-refractivity contribution in [3.8, 4) is 0 Å². The molecule has 1 heterocycles. The van der Waals surface area contributed by atoms with E-state index in [0.717, 1.165) is 0 Å². The van der Waals surface area contributed by atoms with Crippen molar-refractivity contribution in [2.75, 3.05) is 0 Å². The van der Waals surface area contributed by atoms with E-state index in [2.05, 4.69) is 10.2 Å². The van der Waals surface area contributed by atoms with Crippen molar-refractivity contribution in [3.63, 3.8) is 0 Å². The normalized spacial score (nSPS) is 10.7. The largest absolute Gasteiger partial charge is 0.324 e. The Kier molecular flexibility index (Phi) is 2.96. The second-order valence-electron chi connectivity index (χ2n) is 3.56. The number of aromatic nitrogens is 3. The summed E-state index contributed by atoms with van der Waals surface area (Å²) in [4.78, 5) is 0. The molecule has 5 heteroatoms. The molecule has 0 spiro atoms. The number of halogens is 1. The minimum atomic E-state index is -0.222. The topological polar surface area (TPSA) is 56.7 Å². The van der Waals surface area contributed by atoms with Gasteiger partial charge in [-0.15, -0.1) is 10.2 Å². The van der Waals surface area contributed by atoms with Crippen LogP contribution in [0, 0.1) is 5.82 Å². The van der Waals surface area contributed by atoms with Crippen LogP contribution in [0.15, 0.2) is 24.3 Å². The Morgan fingerprint density at radius 1 is 1.25 bits per heavy atom. The number of benzene rings is 1. The number of nitrogens with two attached hydrogens (primary N) is 1. The zero-order valence-electron chi connectivity index (χ0n) is 9.02. The molecule has 2 N–H and O–H groups in total. The van der Waals surface area contributed by atoms with E-state index >= 15 is 0 Å². The SMILES string of the molecule is Cn1c(CN)nnc1Cc1ccccc1F. The minimum Gasteiger partial charge on any atom is -0.324 e. The summed E-state index contributed by atoms with van der Waals surface area (Å²) in [6.07, 6.45) is 0.427. The summed E-state index contributed by atoms with van der Waals surface area (Å²) in [5.41, 5.74) is 6.10. The molecule has 0 aliphatic carbocycles. The van der Waals surface area contributed by atoms with Crippen LogP contribution in [-0.4, -0.2) is 14.8 Å². The predicted molar refractivity (Wildman–Crippen MR) is 58.1 cm³/mol. The Balaban J connectivity index is 2.27. The van der Waals surface area contributed by atoms with Gasteiger partial charge in [-0.2, -0.15) is 0 Å². The van der Waals surface area contributed by atoms with Gasteiger partial charge in [0.05, 0.1) is 6.54 Å². The zero-order valence-corrected chi connectivity index (χ0v) is 9.02. The molecule has 0 amide bonds. The molecule has 0 saturated heterocycles. The Labute approximate surface area is 92.9 Å². The van der Waals surface area contributed by atoms with Gasteiger partial charge in [0.15, 0.2) is 0 Å². The third-order valence-electron chi connectivity index (χ3n) is 2.54. The van der Waals surface area contributed by atoms with Crippen molar-refractivity contribution in [3.05, 3.63) is 47.3 Å². The Bertz CT molecular complexity index is 492. The molecule has 0 atom stereocenters. The Hall–Kier alpha value is -1.75. The summed E-state index contributed by atoms with van der Waals surface area (Å²) in [7, 11) is 1.83. The number of hydrogen-bond acceptors (Lipinski definition) is 3. The molecule has 84 valence electrons. The monoisotopic (exact) mass is 220 g/mol. The molecule has 2 rings (SSSR count). The van der Waals surface area contributed by atoms with Crippen LogP contribution in [-0.2, 0) is 20.0 Å². The number of hydrogen-bond donors (Lipinski definition) is 1. The molecule has 4 nitrogen and oxygen atoms in total. The van der Waals surface area contributed by atoms with Gasteiger partial charge in [-0.3, -0.25) is 0 Å². The smallest absolute Gasteiger partial charge is 0.146 e. The molecular weight excluding hydrogens is 207 g/mol. The van der Waals surface area contributed by atoms with Gasteiger partial charge in [-0.25, -0.2) is 4.39 Å². The summed E-state index contributed by atoms with van der Waals surface area (Å²) in [5.74, 6) is 1.19. The fourth-order valence-corrected chi connectivity index (χ4v) is 1.54. The molecule has 0 aliphatic rings. The highest BCUT2D eigenvalue weighted by molar-refractivity contribution is 5.21. The van der Waals surface area contributed by atoms with Crippen LogP contribution in [0.3, 0.4) is 0 Å². The Morgan fingerprint density at radius 2 is 1.94 bits per heavy atom. The van der Waals surface area contributed by atoms with E-state index in [1.807, 2.05) is 7.05 Å². The summed E-state index contributed by atoms with van der Waals surface area (Å²) < 4.78 is 15.2. The van der Waals surface area contributed by atoms with Gasteiger partial charge in [0.25, 0.3) is 0 Å². The number of nitrogens with zero attached hydrogens (tertiary/aromatic N) is 3. The van der Waals surface area contributed by atoms with E-state index in [1.54, 1.807) is 22.8 Å². The van der Waals surface area contributed by atoms with Gasteiger partial charge in [0, 0.05) is 13.5 Å². The highest BCUT2D eigenvalue weighted by Gasteiger charge is 2.09. The summed E-state index contributed by atoms with van der Waals surface area (Å²) in [6, 6.07) is 6.65. The van der Waals surface area contributed by atoms with Crippen LogP contribution in [0.25, 0.3) is 0 Å². The van der Waals surface area contributed by atoms with Gasteiger partial charge >= 0.3 is 0 Å². The van der Waals surface area contributed by atoms with Gasteiger partial charge in [0.1, 0.15) is 17.5 Å². The fourth-order valence-electron chi connectivity index (χ4n) is 1.54.